The van der Waals surface area contributed by atoms with E-state index < -0.39 is 0 Å². The summed E-state index contributed by atoms with van der Waals surface area (Å²) in [6.45, 7) is 5.31. The lowest BCUT2D eigenvalue weighted by molar-refractivity contribution is 0.232. The predicted molar refractivity (Wildman–Crippen MR) is 68.0 cm³/mol. The number of nitrogens with one attached hydrogen (secondary N) is 1. The number of nitrogens with zero attached hydrogens (tertiary/aromatic N) is 1. The van der Waals surface area contributed by atoms with Crippen LogP contribution in [0.1, 0.15) is 37.6 Å². The van der Waals surface area contributed by atoms with E-state index in [0.717, 1.165) is 30.0 Å². The highest BCUT2D eigenvalue weighted by Gasteiger charge is 2.33. The highest BCUT2D eigenvalue weighted by Crippen LogP contribution is 2.31. The Bertz CT molecular complexity index is 538. The van der Waals surface area contributed by atoms with Gasteiger partial charge in [0.15, 0.2) is 5.58 Å². The summed E-state index contributed by atoms with van der Waals surface area (Å²) in [7, 11) is 0. The van der Waals surface area contributed by atoms with Gasteiger partial charge in [-0.25, -0.2) is 4.98 Å². The number of aryl methyl sites for hydroxylation is 1. The van der Waals surface area contributed by atoms with Crippen LogP contribution in [0, 0.1) is 6.92 Å². The first-order valence-electron chi connectivity index (χ1n) is 6.30. The van der Waals surface area contributed by atoms with E-state index in [4.69, 9.17) is 4.42 Å². The van der Waals surface area contributed by atoms with Crippen LogP contribution in [0.2, 0.25) is 0 Å². The summed E-state index contributed by atoms with van der Waals surface area (Å²) in [5, 5.41) is 3.53. The third-order valence-corrected chi connectivity index (χ3v) is 3.63. The number of rotatable bonds is 1. The molecule has 0 saturated carbocycles. The molecule has 0 radical (unpaired) electrons. The van der Waals surface area contributed by atoms with Crippen molar-refractivity contribution in [1.29, 1.82) is 0 Å². The zero-order valence-electron chi connectivity index (χ0n) is 10.4. The first-order chi connectivity index (χ1) is 8.17. The summed E-state index contributed by atoms with van der Waals surface area (Å²) in [4.78, 5) is 4.64. The van der Waals surface area contributed by atoms with Crippen molar-refractivity contribution in [3.8, 4) is 0 Å². The lowest BCUT2D eigenvalue weighted by atomic mass is 9.91. The molecule has 1 aromatic heterocycles. The monoisotopic (exact) mass is 230 g/mol. The number of fused-ring (bicyclic) bond motifs is 1. The maximum atomic E-state index is 5.89. The van der Waals surface area contributed by atoms with E-state index in [1.807, 2.05) is 6.07 Å². The van der Waals surface area contributed by atoms with Crippen LogP contribution < -0.4 is 5.32 Å². The number of hydrogen-bond acceptors (Lipinski definition) is 3. The Morgan fingerprint density at radius 1 is 1.35 bits per heavy atom. The predicted octanol–water partition coefficient (Wildman–Crippen LogP) is 3.12. The van der Waals surface area contributed by atoms with E-state index in [1.54, 1.807) is 0 Å². The number of aromatic nitrogens is 1. The second-order valence-corrected chi connectivity index (χ2v) is 5.21. The van der Waals surface area contributed by atoms with Gasteiger partial charge in [-0.1, -0.05) is 6.07 Å². The van der Waals surface area contributed by atoms with Gasteiger partial charge in [0, 0.05) is 0 Å². The standard InChI is InChI=1S/C14H18N2O/c1-10-5-6-12-11(9-10)16-13(17-12)14(2)7-3-4-8-15-14/h5-6,9,15H,3-4,7-8H2,1-2H3. The van der Waals surface area contributed by atoms with Crippen LogP contribution in [0.3, 0.4) is 0 Å². The lowest BCUT2D eigenvalue weighted by Crippen LogP contribution is -2.43. The van der Waals surface area contributed by atoms with Crippen LogP contribution in [0.25, 0.3) is 11.1 Å². The third-order valence-electron chi connectivity index (χ3n) is 3.63. The molecule has 90 valence electrons. The zero-order chi connectivity index (χ0) is 11.9. The topological polar surface area (TPSA) is 38.1 Å². The second kappa shape index (κ2) is 3.84. The molecule has 17 heavy (non-hydrogen) atoms. The largest absolute Gasteiger partial charge is 0.439 e. The van der Waals surface area contributed by atoms with E-state index in [9.17, 15) is 0 Å². The Labute approximate surface area is 101 Å². The molecule has 1 aromatic carbocycles. The number of oxazole rings is 1. The highest BCUT2D eigenvalue weighted by atomic mass is 16.4. The lowest BCUT2D eigenvalue weighted by Gasteiger charge is -2.31. The summed E-state index contributed by atoms with van der Waals surface area (Å²) in [5.74, 6) is 0.831. The van der Waals surface area contributed by atoms with Gasteiger partial charge in [-0.05, 0) is 57.4 Å². The molecule has 3 rings (SSSR count). The Morgan fingerprint density at radius 2 is 2.24 bits per heavy atom. The maximum absolute atomic E-state index is 5.89. The molecule has 1 N–H and O–H groups in total. The molecule has 2 aromatic rings. The molecule has 0 bridgehead atoms. The molecule has 3 heteroatoms. The normalized spacial score (nSPS) is 25.3. The van der Waals surface area contributed by atoms with Crippen molar-refractivity contribution in [1.82, 2.24) is 10.3 Å². The molecule has 0 aliphatic carbocycles. The maximum Gasteiger partial charge on any atom is 0.215 e. The van der Waals surface area contributed by atoms with E-state index in [1.165, 1.54) is 18.4 Å². The summed E-state index contributed by atoms with van der Waals surface area (Å²) >= 11 is 0. The van der Waals surface area contributed by atoms with Crippen LogP contribution in [0.4, 0.5) is 0 Å². The fraction of sp³-hybridized carbons (Fsp3) is 0.500. The zero-order valence-corrected chi connectivity index (χ0v) is 10.4. The summed E-state index contributed by atoms with van der Waals surface area (Å²) < 4.78 is 5.89. The summed E-state index contributed by atoms with van der Waals surface area (Å²) in [6, 6.07) is 6.15. The SMILES string of the molecule is Cc1ccc2oc(C3(C)CCCCN3)nc2c1. The van der Waals surface area contributed by atoms with Crippen molar-refractivity contribution < 1.29 is 4.42 Å². The fourth-order valence-corrected chi connectivity index (χ4v) is 2.51. The van der Waals surface area contributed by atoms with Gasteiger partial charge in [-0.2, -0.15) is 0 Å². The molecule has 1 saturated heterocycles. The Balaban J connectivity index is 2.05. The Morgan fingerprint density at radius 3 is 3.00 bits per heavy atom. The summed E-state index contributed by atoms with van der Waals surface area (Å²) in [5.41, 5.74) is 2.98. The van der Waals surface area contributed by atoms with Gasteiger partial charge < -0.3 is 9.73 Å². The average Bonchev–Trinajstić information content (AvgIpc) is 2.73. The van der Waals surface area contributed by atoms with Crippen LogP contribution in [0.15, 0.2) is 22.6 Å². The number of benzene rings is 1. The average molecular weight is 230 g/mol. The van der Waals surface area contributed by atoms with Crippen molar-refractivity contribution in [2.45, 2.75) is 38.6 Å². The number of piperidine rings is 1. The molecule has 0 spiro atoms. The van der Waals surface area contributed by atoms with Gasteiger partial charge >= 0.3 is 0 Å². The first-order valence-corrected chi connectivity index (χ1v) is 6.30. The number of hydrogen-bond donors (Lipinski definition) is 1. The minimum Gasteiger partial charge on any atom is -0.439 e. The highest BCUT2D eigenvalue weighted by molar-refractivity contribution is 5.73. The van der Waals surface area contributed by atoms with E-state index in [-0.39, 0.29) is 5.54 Å². The Hall–Kier alpha value is -1.35. The van der Waals surface area contributed by atoms with E-state index in [2.05, 4.69) is 36.3 Å². The van der Waals surface area contributed by atoms with Gasteiger partial charge in [0.05, 0.1) is 5.54 Å². The van der Waals surface area contributed by atoms with E-state index in [0.29, 0.717) is 0 Å². The molecule has 1 unspecified atom stereocenters. The molecule has 2 heterocycles. The van der Waals surface area contributed by atoms with Crippen LogP contribution in [-0.2, 0) is 5.54 Å². The molecule has 1 aliphatic heterocycles. The molecule has 1 aliphatic rings. The minimum atomic E-state index is -0.0921. The van der Waals surface area contributed by atoms with Gasteiger partial charge in [-0.3, -0.25) is 0 Å². The quantitative estimate of drug-likeness (QED) is 0.818. The summed E-state index contributed by atoms with van der Waals surface area (Å²) in [6.07, 6.45) is 3.58. The van der Waals surface area contributed by atoms with Gasteiger partial charge in [0.1, 0.15) is 5.52 Å². The van der Waals surface area contributed by atoms with Crippen LogP contribution >= 0.6 is 0 Å². The molecular formula is C14H18N2O. The smallest absolute Gasteiger partial charge is 0.215 e. The van der Waals surface area contributed by atoms with Gasteiger partial charge in [-0.15, -0.1) is 0 Å². The Kier molecular flexibility index (Phi) is 2.44. The third kappa shape index (κ3) is 1.84. The van der Waals surface area contributed by atoms with Crippen molar-refractivity contribution in [2.24, 2.45) is 0 Å². The van der Waals surface area contributed by atoms with Crippen LogP contribution in [0.5, 0.6) is 0 Å². The molecule has 1 fully saturated rings. The molecule has 3 nitrogen and oxygen atoms in total. The van der Waals surface area contributed by atoms with Gasteiger partial charge in [0.2, 0.25) is 5.89 Å². The van der Waals surface area contributed by atoms with Crippen molar-refractivity contribution in [3.05, 3.63) is 29.7 Å². The fourth-order valence-electron chi connectivity index (χ4n) is 2.51. The molecule has 1 atom stereocenters. The minimum absolute atomic E-state index is 0.0921. The first kappa shape index (κ1) is 10.8. The van der Waals surface area contributed by atoms with Crippen LogP contribution in [-0.4, -0.2) is 11.5 Å². The van der Waals surface area contributed by atoms with Crippen molar-refractivity contribution >= 4 is 11.1 Å². The van der Waals surface area contributed by atoms with Gasteiger partial charge in [0.25, 0.3) is 0 Å². The van der Waals surface area contributed by atoms with E-state index >= 15 is 0 Å². The van der Waals surface area contributed by atoms with Crippen molar-refractivity contribution in [3.63, 3.8) is 0 Å². The molecule has 0 amide bonds. The molecular weight excluding hydrogens is 212 g/mol. The van der Waals surface area contributed by atoms with Crippen molar-refractivity contribution in [2.75, 3.05) is 6.54 Å². The second-order valence-electron chi connectivity index (χ2n) is 5.21.